The molecule has 5 nitrogen and oxygen atoms in total. The Morgan fingerprint density at radius 3 is 2.73 bits per heavy atom. The Morgan fingerprint density at radius 1 is 1.45 bits per heavy atom. The van der Waals surface area contributed by atoms with Crippen LogP contribution in [0, 0.1) is 12.7 Å². The lowest BCUT2D eigenvalue weighted by molar-refractivity contribution is -0.131. The van der Waals surface area contributed by atoms with Crippen LogP contribution in [0.3, 0.4) is 0 Å². The molecule has 0 aliphatic carbocycles. The van der Waals surface area contributed by atoms with Gasteiger partial charge in [0.1, 0.15) is 6.54 Å². The van der Waals surface area contributed by atoms with Crippen LogP contribution in [-0.4, -0.2) is 29.5 Å². The molecular formula is C15H17FN2O3S. The lowest BCUT2D eigenvalue weighted by Gasteiger charge is -2.18. The predicted molar refractivity (Wildman–Crippen MR) is 82.7 cm³/mol. The molecule has 0 radical (unpaired) electrons. The van der Waals surface area contributed by atoms with Crippen molar-refractivity contribution in [2.24, 2.45) is 0 Å². The topological polar surface area (TPSA) is 51.5 Å². The summed E-state index contributed by atoms with van der Waals surface area (Å²) in [6.45, 7) is 2.03. The predicted octanol–water partition coefficient (Wildman–Crippen LogP) is 2.02. The zero-order valence-electron chi connectivity index (χ0n) is 12.6. The Kier molecular flexibility index (Phi) is 4.97. The van der Waals surface area contributed by atoms with E-state index in [1.54, 1.807) is 25.4 Å². The molecule has 0 bridgehead atoms. The first-order chi connectivity index (χ1) is 10.4. The molecule has 0 atom stereocenters. The van der Waals surface area contributed by atoms with E-state index < -0.39 is 5.82 Å². The molecule has 0 unspecified atom stereocenters. The standard InChI is InChI=1S/C15H17FN2O3S/c1-10-9-22-15(20)18(10)8-14(19)17(2)7-11-4-5-13(21-3)12(16)6-11/h4-6,9H,7-8H2,1-3H3. The van der Waals surface area contributed by atoms with Crippen molar-refractivity contribution in [3.63, 3.8) is 0 Å². The number of nitrogens with zero attached hydrogens (tertiary/aromatic N) is 2. The molecule has 0 aliphatic heterocycles. The fraction of sp³-hybridized carbons (Fsp3) is 0.333. The highest BCUT2D eigenvalue weighted by molar-refractivity contribution is 7.07. The summed E-state index contributed by atoms with van der Waals surface area (Å²) in [5, 5.41) is 1.72. The third-order valence-corrected chi connectivity index (χ3v) is 4.21. The number of rotatable bonds is 5. The molecular weight excluding hydrogens is 307 g/mol. The van der Waals surface area contributed by atoms with Crippen LogP contribution in [0.1, 0.15) is 11.3 Å². The van der Waals surface area contributed by atoms with Crippen molar-refractivity contribution in [1.29, 1.82) is 0 Å². The molecule has 2 rings (SSSR count). The van der Waals surface area contributed by atoms with E-state index in [9.17, 15) is 14.0 Å². The number of likely N-dealkylation sites (N-methyl/N-ethyl adjacent to an activating group) is 1. The van der Waals surface area contributed by atoms with Gasteiger partial charge >= 0.3 is 4.87 Å². The van der Waals surface area contributed by atoms with Crippen LogP contribution in [0.2, 0.25) is 0 Å². The zero-order valence-corrected chi connectivity index (χ0v) is 13.4. The number of benzene rings is 1. The highest BCUT2D eigenvalue weighted by Gasteiger charge is 2.14. The summed E-state index contributed by atoms with van der Waals surface area (Å²) in [7, 11) is 3.02. The lowest BCUT2D eigenvalue weighted by atomic mass is 10.2. The molecule has 7 heteroatoms. The molecule has 22 heavy (non-hydrogen) atoms. The van der Waals surface area contributed by atoms with E-state index in [1.807, 2.05) is 0 Å². The fourth-order valence-corrected chi connectivity index (χ4v) is 2.76. The molecule has 0 saturated carbocycles. The average molecular weight is 324 g/mol. The van der Waals surface area contributed by atoms with Crippen molar-refractivity contribution in [3.05, 3.63) is 50.3 Å². The largest absolute Gasteiger partial charge is 0.494 e. The fourth-order valence-electron chi connectivity index (χ4n) is 2.02. The molecule has 0 fully saturated rings. The number of hydrogen-bond donors (Lipinski definition) is 0. The van der Waals surface area contributed by atoms with Gasteiger partial charge in [-0.15, -0.1) is 0 Å². The summed E-state index contributed by atoms with van der Waals surface area (Å²) < 4.78 is 19.9. The number of methoxy groups -OCH3 is 1. The summed E-state index contributed by atoms with van der Waals surface area (Å²) in [6, 6.07) is 4.56. The average Bonchev–Trinajstić information content (AvgIpc) is 2.79. The van der Waals surface area contributed by atoms with Crippen LogP contribution >= 0.6 is 11.3 Å². The summed E-state index contributed by atoms with van der Waals surface area (Å²) in [5.74, 6) is -0.510. The monoisotopic (exact) mass is 324 g/mol. The molecule has 2 aromatic rings. The van der Waals surface area contributed by atoms with Crippen molar-refractivity contribution >= 4 is 17.2 Å². The third-order valence-electron chi connectivity index (χ3n) is 3.33. The molecule has 1 aromatic carbocycles. The van der Waals surface area contributed by atoms with Gasteiger partial charge in [0.25, 0.3) is 0 Å². The summed E-state index contributed by atoms with van der Waals surface area (Å²) in [5.41, 5.74) is 1.41. The smallest absolute Gasteiger partial charge is 0.307 e. The van der Waals surface area contributed by atoms with Gasteiger partial charge in [0, 0.05) is 24.7 Å². The van der Waals surface area contributed by atoms with Crippen LogP contribution in [0.25, 0.3) is 0 Å². The Hall–Kier alpha value is -2.15. The first kappa shape index (κ1) is 16.2. The van der Waals surface area contributed by atoms with Gasteiger partial charge in [-0.25, -0.2) is 4.39 Å². The molecule has 0 spiro atoms. The second-order valence-corrected chi connectivity index (χ2v) is 5.77. The molecule has 0 saturated heterocycles. The molecule has 0 aliphatic rings. The van der Waals surface area contributed by atoms with E-state index >= 15 is 0 Å². The third kappa shape index (κ3) is 3.54. The second-order valence-electron chi connectivity index (χ2n) is 4.95. The molecule has 1 aromatic heterocycles. The first-order valence-corrected chi connectivity index (χ1v) is 7.51. The first-order valence-electron chi connectivity index (χ1n) is 6.63. The Labute approximate surface area is 131 Å². The van der Waals surface area contributed by atoms with Crippen molar-refractivity contribution in [1.82, 2.24) is 9.47 Å². The highest BCUT2D eigenvalue weighted by atomic mass is 32.1. The maximum Gasteiger partial charge on any atom is 0.307 e. The van der Waals surface area contributed by atoms with Crippen LogP contribution in [0.5, 0.6) is 5.75 Å². The maximum absolute atomic E-state index is 13.6. The van der Waals surface area contributed by atoms with Crippen molar-refractivity contribution in [3.8, 4) is 5.75 Å². The quantitative estimate of drug-likeness (QED) is 0.845. The number of aryl methyl sites for hydroxylation is 1. The van der Waals surface area contributed by atoms with Gasteiger partial charge in [-0.1, -0.05) is 17.4 Å². The van der Waals surface area contributed by atoms with E-state index in [0.29, 0.717) is 5.56 Å². The van der Waals surface area contributed by atoms with Gasteiger partial charge in [-0.2, -0.15) is 0 Å². The van der Waals surface area contributed by atoms with Crippen LogP contribution < -0.4 is 9.61 Å². The summed E-state index contributed by atoms with van der Waals surface area (Å²) in [6.07, 6.45) is 0. The molecule has 118 valence electrons. The molecule has 1 heterocycles. The molecule has 0 N–H and O–H groups in total. The number of carbonyl (C=O) groups excluding carboxylic acids is 1. The number of ether oxygens (including phenoxy) is 1. The Balaban J connectivity index is 2.05. The minimum atomic E-state index is -0.467. The second kappa shape index (κ2) is 6.74. The van der Waals surface area contributed by atoms with E-state index in [-0.39, 0.29) is 29.6 Å². The van der Waals surface area contributed by atoms with Gasteiger partial charge in [0.05, 0.1) is 7.11 Å². The Bertz CT molecular complexity index is 739. The zero-order chi connectivity index (χ0) is 16.3. The summed E-state index contributed by atoms with van der Waals surface area (Å²) >= 11 is 1.07. The number of halogens is 1. The number of thiazole rings is 1. The van der Waals surface area contributed by atoms with Crippen molar-refractivity contribution in [2.75, 3.05) is 14.2 Å². The minimum absolute atomic E-state index is 0.0106. The minimum Gasteiger partial charge on any atom is -0.494 e. The van der Waals surface area contributed by atoms with Gasteiger partial charge in [0.2, 0.25) is 5.91 Å². The van der Waals surface area contributed by atoms with Crippen molar-refractivity contribution in [2.45, 2.75) is 20.0 Å². The number of carbonyl (C=O) groups is 1. The normalized spacial score (nSPS) is 10.5. The van der Waals surface area contributed by atoms with E-state index in [2.05, 4.69) is 0 Å². The SMILES string of the molecule is COc1ccc(CN(C)C(=O)Cn2c(C)csc2=O)cc1F. The van der Waals surface area contributed by atoms with Crippen molar-refractivity contribution < 1.29 is 13.9 Å². The van der Waals surface area contributed by atoms with Gasteiger partial charge in [-0.05, 0) is 24.6 Å². The number of amides is 1. The van der Waals surface area contributed by atoms with Gasteiger partial charge in [0.15, 0.2) is 11.6 Å². The van der Waals surface area contributed by atoms with Crippen LogP contribution in [0.15, 0.2) is 28.4 Å². The van der Waals surface area contributed by atoms with E-state index in [0.717, 1.165) is 17.0 Å². The van der Waals surface area contributed by atoms with E-state index in [1.165, 1.54) is 28.7 Å². The maximum atomic E-state index is 13.6. The van der Waals surface area contributed by atoms with Crippen LogP contribution in [0.4, 0.5) is 4.39 Å². The van der Waals surface area contributed by atoms with E-state index in [4.69, 9.17) is 4.74 Å². The van der Waals surface area contributed by atoms with Gasteiger partial charge in [-0.3, -0.25) is 14.2 Å². The van der Waals surface area contributed by atoms with Crippen LogP contribution in [-0.2, 0) is 17.9 Å². The lowest BCUT2D eigenvalue weighted by Crippen LogP contribution is -2.32. The number of aromatic nitrogens is 1. The Morgan fingerprint density at radius 2 is 2.18 bits per heavy atom. The summed E-state index contributed by atoms with van der Waals surface area (Å²) in [4.78, 5) is 25.1. The highest BCUT2D eigenvalue weighted by Crippen LogP contribution is 2.18. The van der Waals surface area contributed by atoms with Gasteiger partial charge < -0.3 is 9.64 Å². The number of hydrogen-bond acceptors (Lipinski definition) is 4. The molecule has 1 amide bonds.